The summed E-state index contributed by atoms with van der Waals surface area (Å²) in [7, 11) is 1.44. The van der Waals surface area contributed by atoms with Gasteiger partial charge in [0.1, 0.15) is 29.4 Å². The number of nitrogens with one attached hydrogen (secondary N) is 2. The summed E-state index contributed by atoms with van der Waals surface area (Å²) in [6.07, 6.45) is -0.691. The third kappa shape index (κ3) is 5.38. The van der Waals surface area contributed by atoms with Crippen molar-refractivity contribution in [3.05, 3.63) is 60.7 Å². The Kier molecular flexibility index (Phi) is 6.25. The number of halogens is 3. The number of aromatic nitrogens is 4. The minimum atomic E-state index is -4.77. The van der Waals surface area contributed by atoms with Gasteiger partial charge in [-0.2, -0.15) is 5.10 Å². The number of aromatic hydroxyl groups is 1. The smallest absolute Gasteiger partial charge is 0.504 e. The lowest BCUT2D eigenvalue weighted by Gasteiger charge is -2.11. The van der Waals surface area contributed by atoms with Crippen LogP contribution in [0.4, 0.5) is 30.5 Å². The first kappa shape index (κ1) is 22.5. The lowest BCUT2D eigenvalue weighted by atomic mass is 10.2. The van der Waals surface area contributed by atoms with E-state index in [9.17, 15) is 18.3 Å². The van der Waals surface area contributed by atoms with Crippen LogP contribution in [-0.2, 0) is 0 Å². The molecule has 0 saturated heterocycles. The average Bonchev–Trinajstić information content (AvgIpc) is 2.81. The summed E-state index contributed by atoms with van der Waals surface area (Å²) >= 11 is 0. The van der Waals surface area contributed by atoms with Gasteiger partial charge in [-0.15, -0.1) is 13.2 Å². The van der Waals surface area contributed by atoms with Gasteiger partial charge in [0.15, 0.2) is 23.1 Å². The van der Waals surface area contributed by atoms with Gasteiger partial charge in [-0.1, -0.05) is 0 Å². The molecule has 2 aromatic carbocycles. The lowest BCUT2D eigenvalue weighted by Crippen LogP contribution is -2.16. The van der Waals surface area contributed by atoms with Crippen LogP contribution >= 0.6 is 0 Å². The fraction of sp³-hybridized carbons (Fsp3) is 0.0952. The Morgan fingerprint density at radius 3 is 2.29 bits per heavy atom. The minimum Gasteiger partial charge on any atom is -0.504 e. The largest absolute Gasteiger partial charge is 0.573 e. The van der Waals surface area contributed by atoms with Crippen molar-refractivity contribution >= 4 is 34.6 Å². The number of hydrazone groups is 1. The highest BCUT2D eigenvalue weighted by atomic mass is 19.4. The van der Waals surface area contributed by atoms with E-state index in [0.29, 0.717) is 39.7 Å². The zero-order valence-corrected chi connectivity index (χ0v) is 17.4. The number of ether oxygens (including phenoxy) is 2. The highest BCUT2D eigenvalue weighted by Gasteiger charge is 2.30. The Bertz CT molecular complexity index is 1330. The number of hydrogen-bond donors (Lipinski definition) is 3. The molecule has 0 amide bonds. The number of phenols is 1. The number of rotatable bonds is 7. The highest BCUT2D eigenvalue weighted by molar-refractivity contribution is 5.93. The zero-order chi connectivity index (χ0) is 24.1. The fourth-order valence-electron chi connectivity index (χ4n) is 2.87. The summed E-state index contributed by atoms with van der Waals surface area (Å²) in [4.78, 5) is 16.7. The Morgan fingerprint density at radius 2 is 1.62 bits per heavy atom. The van der Waals surface area contributed by atoms with E-state index in [0.717, 1.165) is 0 Å². The molecule has 0 unspecified atom stereocenters. The maximum absolute atomic E-state index is 12.3. The van der Waals surface area contributed by atoms with Crippen molar-refractivity contribution < 1.29 is 27.8 Å². The molecule has 0 fully saturated rings. The third-order valence-corrected chi connectivity index (χ3v) is 4.36. The van der Waals surface area contributed by atoms with Crippen molar-refractivity contribution in [2.75, 3.05) is 17.9 Å². The van der Waals surface area contributed by atoms with Gasteiger partial charge in [-0.25, -0.2) is 19.9 Å². The van der Waals surface area contributed by atoms with E-state index in [-0.39, 0.29) is 11.5 Å². The number of anilines is 3. The molecular weight excluding hydrogens is 455 g/mol. The Balaban J connectivity index is 1.53. The Morgan fingerprint density at radius 1 is 0.941 bits per heavy atom. The second-order valence-corrected chi connectivity index (χ2v) is 6.64. The van der Waals surface area contributed by atoms with Gasteiger partial charge >= 0.3 is 6.36 Å². The van der Waals surface area contributed by atoms with Crippen molar-refractivity contribution in [3.8, 4) is 17.2 Å². The maximum Gasteiger partial charge on any atom is 0.573 e. The summed E-state index contributed by atoms with van der Waals surface area (Å²) in [6.45, 7) is 0. The Labute approximate surface area is 190 Å². The number of phenolic OH excluding ortho intramolecular Hbond substituents is 1. The number of hydrogen-bond acceptors (Lipinski definition) is 10. The molecule has 0 aliphatic rings. The van der Waals surface area contributed by atoms with Crippen LogP contribution in [0.15, 0.2) is 60.2 Å². The first-order valence-corrected chi connectivity index (χ1v) is 9.57. The quantitative estimate of drug-likeness (QED) is 0.268. The van der Waals surface area contributed by atoms with Crippen LogP contribution in [0.3, 0.4) is 0 Å². The normalized spacial score (nSPS) is 11.5. The number of fused-ring (bicyclic) bond motifs is 1. The molecule has 10 nitrogen and oxygen atoms in total. The van der Waals surface area contributed by atoms with Crippen LogP contribution in [0.2, 0.25) is 0 Å². The van der Waals surface area contributed by atoms with E-state index in [4.69, 9.17) is 4.74 Å². The molecule has 4 aromatic rings. The predicted octanol–water partition coefficient (Wildman–Crippen LogP) is 4.22. The van der Waals surface area contributed by atoms with Crippen LogP contribution < -0.4 is 20.2 Å². The van der Waals surface area contributed by atoms with Crippen molar-refractivity contribution in [1.29, 1.82) is 0 Å². The van der Waals surface area contributed by atoms with Crippen LogP contribution in [0, 0.1) is 0 Å². The van der Waals surface area contributed by atoms with Gasteiger partial charge in [-0.3, -0.25) is 5.43 Å². The fourth-order valence-corrected chi connectivity index (χ4v) is 2.87. The van der Waals surface area contributed by atoms with Gasteiger partial charge < -0.3 is 19.9 Å². The van der Waals surface area contributed by atoms with Gasteiger partial charge in [0.2, 0.25) is 0 Å². The molecule has 0 saturated carbocycles. The highest BCUT2D eigenvalue weighted by Crippen LogP contribution is 2.28. The molecule has 2 aromatic heterocycles. The first-order valence-electron chi connectivity index (χ1n) is 9.57. The summed E-state index contributed by atoms with van der Waals surface area (Å²) in [5, 5.41) is 16.8. The third-order valence-electron chi connectivity index (χ3n) is 4.36. The van der Waals surface area contributed by atoms with Crippen LogP contribution in [0.25, 0.3) is 11.0 Å². The summed E-state index contributed by atoms with van der Waals surface area (Å²) in [6, 6.07) is 9.90. The summed E-state index contributed by atoms with van der Waals surface area (Å²) in [5.74, 6) is 0.577. The molecule has 174 valence electrons. The molecule has 0 aliphatic heterocycles. The minimum absolute atomic E-state index is 0.00801. The summed E-state index contributed by atoms with van der Waals surface area (Å²) in [5.41, 5.74) is 4.62. The average molecular weight is 471 g/mol. The van der Waals surface area contributed by atoms with E-state index in [1.54, 1.807) is 12.1 Å². The molecule has 13 heteroatoms. The monoisotopic (exact) mass is 471 g/mol. The van der Waals surface area contributed by atoms with Crippen molar-refractivity contribution in [2.45, 2.75) is 6.36 Å². The van der Waals surface area contributed by atoms with Gasteiger partial charge in [-0.05, 0) is 48.0 Å². The van der Waals surface area contributed by atoms with Crippen LogP contribution in [0.1, 0.15) is 5.56 Å². The molecule has 0 spiro atoms. The SMILES string of the molecule is COc1cc(/C=N/Nc2ncnc3c(Nc4ccc(OC(F)(F)F)cc4)ncnc23)ccc1O. The topological polar surface area (TPSA) is 127 Å². The van der Waals surface area contributed by atoms with E-state index >= 15 is 0 Å². The van der Waals surface area contributed by atoms with Gasteiger partial charge in [0.05, 0.1) is 13.3 Å². The lowest BCUT2D eigenvalue weighted by molar-refractivity contribution is -0.274. The standard InChI is InChI=1S/C21H16F3N7O3/c1-33-16-8-12(2-7-15(16)32)9-29-31-20-18-17(25-11-28-20)19(27-10-26-18)30-13-3-5-14(6-4-13)34-21(22,23)24/h2-11,32H,1H3,(H,25,28,31)(H,26,27,30)/b29-9+. The maximum atomic E-state index is 12.3. The van der Waals surface area contributed by atoms with E-state index < -0.39 is 6.36 Å². The van der Waals surface area contributed by atoms with Crippen LogP contribution in [0.5, 0.6) is 17.2 Å². The molecule has 34 heavy (non-hydrogen) atoms. The van der Waals surface area contributed by atoms with Crippen molar-refractivity contribution in [2.24, 2.45) is 5.10 Å². The molecule has 4 rings (SSSR count). The van der Waals surface area contributed by atoms with Crippen LogP contribution in [-0.4, -0.2) is 44.7 Å². The molecular formula is C21H16F3N7O3. The first-order chi connectivity index (χ1) is 16.3. The predicted molar refractivity (Wildman–Crippen MR) is 117 cm³/mol. The molecule has 2 heterocycles. The molecule has 0 aliphatic carbocycles. The second-order valence-electron chi connectivity index (χ2n) is 6.64. The second kappa shape index (κ2) is 9.44. The molecule has 3 N–H and O–H groups in total. The number of nitrogens with zero attached hydrogens (tertiary/aromatic N) is 5. The summed E-state index contributed by atoms with van der Waals surface area (Å²) < 4.78 is 45.9. The van der Waals surface area contributed by atoms with Crippen molar-refractivity contribution in [1.82, 2.24) is 19.9 Å². The van der Waals surface area contributed by atoms with E-state index in [2.05, 4.69) is 40.5 Å². The number of alkyl halides is 3. The molecule has 0 bridgehead atoms. The van der Waals surface area contributed by atoms with Crippen molar-refractivity contribution in [3.63, 3.8) is 0 Å². The number of methoxy groups -OCH3 is 1. The number of benzene rings is 2. The Hall–Kier alpha value is -4.68. The van der Waals surface area contributed by atoms with Gasteiger partial charge in [0.25, 0.3) is 0 Å². The van der Waals surface area contributed by atoms with Gasteiger partial charge in [0, 0.05) is 5.69 Å². The molecule has 0 atom stereocenters. The van der Waals surface area contributed by atoms with E-state index in [1.165, 1.54) is 56.3 Å². The van der Waals surface area contributed by atoms with E-state index in [1.807, 2.05) is 0 Å². The molecule has 0 radical (unpaired) electrons. The zero-order valence-electron chi connectivity index (χ0n) is 17.4.